The lowest BCUT2D eigenvalue weighted by molar-refractivity contribution is -0.134. The number of benzene rings is 2. The van der Waals surface area contributed by atoms with Gasteiger partial charge in [0.25, 0.3) is 0 Å². The van der Waals surface area contributed by atoms with E-state index < -0.39 is 11.9 Å². The fourth-order valence-corrected chi connectivity index (χ4v) is 2.02. The topological polar surface area (TPSA) is 69.7 Å². The molecule has 0 atom stereocenters. The Balaban J connectivity index is 2.40. The number of ketones is 1. The number of esters is 2. The number of ether oxygens (including phenoxy) is 2. The van der Waals surface area contributed by atoms with Crippen LogP contribution in [-0.2, 0) is 9.59 Å². The van der Waals surface area contributed by atoms with Crippen molar-refractivity contribution in [1.29, 1.82) is 0 Å². The minimum atomic E-state index is -0.430. The first kappa shape index (κ1) is 17.4. The summed E-state index contributed by atoms with van der Waals surface area (Å²) >= 11 is 0. The molecule has 2 aromatic carbocycles. The maximum atomic E-state index is 12.8. The Bertz CT molecular complexity index is 700. The second-order valence-corrected chi connectivity index (χ2v) is 4.98. The highest BCUT2D eigenvalue weighted by molar-refractivity contribution is 6.12. The predicted molar refractivity (Wildman–Crippen MR) is 88.2 cm³/mol. The Morgan fingerprint density at radius 2 is 1.08 bits per heavy atom. The van der Waals surface area contributed by atoms with Gasteiger partial charge in [-0.05, 0) is 24.3 Å². The lowest BCUT2D eigenvalue weighted by Crippen LogP contribution is -2.13. The van der Waals surface area contributed by atoms with Gasteiger partial charge in [0.1, 0.15) is 11.5 Å². The van der Waals surface area contributed by atoms with Gasteiger partial charge in [0.2, 0.25) is 5.78 Å². The molecule has 5 nitrogen and oxygen atoms in total. The molecule has 5 heteroatoms. The van der Waals surface area contributed by atoms with E-state index in [1.165, 1.54) is 0 Å². The zero-order chi connectivity index (χ0) is 17.5. The molecule has 0 heterocycles. The van der Waals surface area contributed by atoms with Crippen LogP contribution in [0, 0.1) is 0 Å². The van der Waals surface area contributed by atoms with E-state index in [4.69, 9.17) is 9.47 Å². The number of rotatable bonds is 6. The van der Waals surface area contributed by atoms with E-state index in [0.29, 0.717) is 0 Å². The van der Waals surface area contributed by atoms with Crippen molar-refractivity contribution in [2.24, 2.45) is 0 Å². The standard InChI is InChI=1S/C19H18O5/c1-3-17(20)23-15-11-7-5-9-13(15)19(22)14-10-6-8-12-16(14)24-18(21)4-2/h5-12H,3-4H2,1-2H3. The molecule has 0 spiro atoms. The summed E-state index contributed by atoms with van der Waals surface area (Å²) in [7, 11) is 0. The maximum absolute atomic E-state index is 12.8. The summed E-state index contributed by atoms with van der Waals surface area (Å²) in [6.07, 6.45) is 0.403. The summed E-state index contributed by atoms with van der Waals surface area (Å²) < 4.78 is 10.4. The van der Waals surface area contributed by atoms with E-state index in [9.17, 15) is 14.4 Å². The van der Waals surface area contributed by atoms with Gasteiger partial charge in [-0.3, -0.25) is 14.4 Å². The van der Waals surface area contributed by atoms with Crippen molar-refractivity contribution in [3.63, 3.8) is 0 Å². The van der Waals surface area contributed by atoms with Crippen molar-refractivity contribution in [2.75, 3.05) is 0 Å². The molecule has 2 aromatic rings. The Morgan fingerprint density at radius 1 is 0.708 bits per heavy atom. The highest BCUT2D eigenvalue weighted by Crippen LogP contribution is 2.27. The fourth-order valence-electron chi connectivity index (χ4n) is 2.02. The van der Waals surface area contributed by atoms with Gasteiger partial charge in [0, 0.05) is 12.8 Å². The lowest BCUT2D eigenvalue weighted by atomic mass is 10.0. The molecule has 0 saturated carbocycles. The van der Waals surface area contributed by atoms with Crippen molar-refractivity contribution < 1.29 is 23.9 Å². The molecule has 124 valence electrons. The molecule has 0 fully saturated rings. The normalized spacial score (nSPS) is 10.1. The molecule has 24 heavy (non-hydrogen) atoms. The minimum Gasteiger partial charge on any atom is -0.426 e. The molecule has 0 amide bonds. The smallest absolute Gasteiger partial charge is 0.310 e. The second-order valence-electron chi connectivity index (χ2n) is 4.98. The third kappa shape index (κ3) is 4.07. The molecule has 0 radical (unpaired) electrons. The van der Waals surface area contributed by atoms with Crippen LogP contribution in [0.15, 0.2) is 48.5 Å². The summed E-state index contributed by atoms with van der Waals surface area (Å²) in [5.74, 6) is -0.868. The summed E-state index contributed by atoms with van der Waals surface area (Å²) in [6.45, 7) is 3.35. The fraction of sp³-hybridized carbons (Fsp3) is 0.211. The Kier molecular flexibility index (Phi) is 5.84. The summed E-state index contributed by atoms with van der Waals surface area (Å²) in [6, 6.07) is 13.0. The number of hydrogen-bond donors (Lipinski definition) is 0. The average Bonchev–Trinajstić information content (AvgIpc) is 2.61. The predicted octanol–water partition coefficient (Wildman–Crippen LogP) is 3.55. The molecule has 0 aromatic heterocycles. The van der Waals surface area contributed by atoms with E-state index in [1.54, 1.807) is 62.4 Å². The highest BCUT2D eigenvalue weighted by Gasteiger charge is 2.20. The number of carbonyl (C=O) groups excluding carboxylic acids is 3. The molecule has 0 N–H and O–H groups in total. The van der Waals surface area contributed by atoms with Crippen LogP contribution in [0.1, 0.15) is 42.6 Å². The van der Waals surface area contributed by atoms with Crippen LogP contribution in [0.3, 0.4) is 0 Å². The molecule has 0 aliphatic rings. The molecule has 2 rings (SSSR count). The zero-order valence-corrected chi connectivity index (χ0v) is 13.6. The van der Waals surface area contributed by atoms with Crippen molar-refractivity contribution in [1.82, 2.24) is 0 Å². The quantitative estimate of drug-likeness (QED) is 0.461. The highest BCUT2D eigenvalue weighted by atomic mass is 16.5. The van der Waals surface area contributed by atoms with Gasteiger partial charge in [-0.2, -0.15) is 0 Å². The van der Waals surface area contributed by atoms with Gasteiger partial charge in [-0.1, -0.05) is 38.1 Å². The van der Waals surface area contributed by atoms with Gasteiger partial charge in [-0.25, -0.2) is 0 Å². The molecule has 0 aliphatic carbocycles. The third-order valence-electron chi connectivity index (χ3n) is 3.29. The molecule has 0 unspecified atom stereocenters. The SMILES string of the molecule is CCC(=O)Oc1ccccc1C(=O)c1ccccc1OC(=O)CC. The Labute approximate surface area is 140 Å². The molecular formula is C19H18O5. The first-order chi connectivity index (χ1) is 11.6. The van der Waals surface area contributed by atoms with Crippen molar-refractivity contribution in [3.05, 3.63) is 59.7 Å². The number of para-hydroxylation sites is 2. The van der Waals surface area contributed by atoms with E-state index in [-0.39, 0.29) is 41.3 Å². The van der Waals surface area contributed by atoms with Gasteiger partial charge in [-0.15, -0.1) is 0 Å². The minimum absolute atomic E-state index is 0.186. The molecular weight excluding hydrogens is 308 g/mol. The molecule has 0 aliphatic heterocycles. The number of carbonyl (C=O) groups is 3. The van der Waals surface area contributed by atoms with E-state index in [2.05, 4.69) is 0 Å². The first-order valence-corrected chi connectivity index (χ1v) is 7.70. The van der Waals surface area contributed by atoms with Crippen LogP contribution in [0.4, 0.5) is 0 Å². The van der Waals surface area contributed by atoms with Gasteiger partial charge >= 0.3 is 11.9 Å². The number of hydrogen-bond acceptors (Lipinski definition) is 5. The Hall–Kier alpha value is -2.95. The largest absolute Gasteiger partial charge is 0.426 e. The van der Waals surface area contributed by atoms with Gasteiger partial charge in [0.15, 0.2) is 0 Å². The third-order valence-corrected chi connectivity index (χ3v) is 3.29. The summed E-state index contributed by atoms with van der Waals surface area (Å²) in [5, 5.41) is 0. The van der Waals surface area contributed by atoms with Crippen LogP contribution in [0.2, 0.25) is 0 Å². The van der Waals surface area contributed by atoms with Crippen LogP contribution in [0.5, 0.6) is 11.5 Å². The van der Waals surface area contributed by atoms with Gasteiger partial charge in [0.05, 0.1) is 11.1 Å². The maximum Gasteiger partial charge on any atom is 0.310 e. The summed E-state index contributed by atoms with van der Waals surface area (Å²) in [4.78, 5) is 35.9. The molecule has 0 saturated heterocycles. The second kappa shape index (κ2) is 8.06. The summed E-state index contributed by atoms with van der Waals surface area (Å²) in [5.41, 5.74) is 0.471. The van der Waals surface area contributed by atoms with E-state index in [0.717, 1.165) is 0 Å². The molecule has 0 bridgehead atoms. The zero-order valence-electron chi connectivity index (χ0n) is 13.6. The van der Waals surface area contributed by atoms with E-state index in [1.807, 2.05) is 0 Å². The Morgan fingerprint density at radius 3 is 1.46 bits per heavy atom. The lowest BCUT2D eigenvalue weighted by Gasteiger charge is -2.11. The van der Waals surface area contributed by atoms with Crippen molar-refractivity contribution in [3.8, 4) is 11.5 Å². The average molecular weight is 326 g/mol. The van der Waals surface area contributed by atoms with Crippen LogP contribution < -0.4 is 9.47 Å². The van der Waals surface area contributed by atoms with Crippen molar-refractivity contribution in [2.45, 2.75) is 26.7 Å². The van der Waals surface area contributed by atoms with Crippen molar-refractivity contribution >= 4 is 17.7 Å². The van der Waals surface area contributed by atoms with Gasteiger partial charge < -0.3 is 9.47 Å². The van der Waals surface area contributed by atoms with E-state index >= 15 is 0 Å². The van der Waals surface area contributed by atoms with Crippen LogP contribution in [-0.4, -0.2) is 17.7 Å². The van der Waals surface area contributed by atoms with Crippen LogP contribution in [0.25, 0.3) is 0 Å². The first-order valence-electron chi connectivity index (χ1n) is 7.70. The van der Waals surface area contributed by atoms with Crippen LogP contribution >= 0.6 is 0 Å². The monoisotopic (exact) mass is 326 g/mol.